The molecule has 0 saturated heterocycles. The number of benzene rings is 2. The molecule has 2 aromatic heterocycles. The zero-order chi connectivity index (χ0) is 17.4. The first kappa shape index (κ1) is 16.4. The monoisotopic (exact) mass is 368 g/mol. The van der Waals surface area contributed by atoms with E-state index in [1.807, 2.05) is 42.5 Å². The second-order valence-electron chi connectivity index (χ2n) is 6.19. The Labute approximate surface area is 155 Å². The maximum Gasteiger partial charge on any atom is 0.193 e. The molecule has 25 heavy (non-hydrogen) atoms. The fourth-order valence-electron chi connectivity index (χ4n) is 2.78. The molecule has 4 nitrogen and oxygen atoms in total. The molecule has 2 aromatic carbocycles. The Kier molecular flexibility index (Phi) is 4.36. The van der Waals surface area contributed by atoms with Crippen LogP contribution in [0.4, 0.5) is 0 Å². The molecule has 0 N–H and O–H groups in total. The lowest BCUT2D eigenvalue weighted by molar-refractivity contribution is 0.765. The topological polar surface area (TPSA) is 43.1 Å². The molecule has 0 unspecified atom stereocenters. The second kappa shape index (κ2) is 6.65. The van der Waals surface area contributed by atoms with Crippen molar-refractivity contribution in [1.29, 1.82) is 0 Å². The molecule has 0 saturated carbocycles. The van der Waals surface area contributed by atoms with E-state index in [1.54, 1.807) is 11.8 Å². The lowest BCUT2D eigenvalue weighted by Gasteiger charge is -2.09. The third-order valence-corrected chi connectivity index (χ3v) is 5.31. The van der Waals surface area contributed by atoms with E-state index >= 15 is 0 Å². The summed E-state index contributed by atoms with van der Waals surface area (Å²) in [7, 11) is 0. The second-order valence-corrected chi connectivity index (χ2v) is 7.59. The number of nitrogens with zero attached hydrogens (tertiary/aromatic N) is 4. The molecule has 0 radical (unpaired) electrons. The third-order valence-electron chi connectivity index (χ3n) is 4.03. The molecular weight excluding hydrogens is 352 g/mol. The minimum absolute atomic E-state index is 0.287. The number of hydrogen-bond acceptors (Lipinski definition) is 4. The van der Waals surface area contributed by atoms with Crippen LogP contribution in [0.3, 0.4) is 0 Å². The van der Waals surface area contributed by atoms with Crippen LogP contribution in [0, 0.1) is 0 Å². The molecule has 4 rings (SSSR count). The van der Waals surface area contributed by atoms with Gasteiger partial charge >= 0.3 is 0 Å². The fourth-order valence-corrected chi connectivity index (χ4v) is 3.83. The predicted octanol–water partition coefficient (Wildman–Crippen LogP) is 5.35. The number of aromatic nitrogens is 4. The van der Waals surface area contributed by atoms with Gasteiger partial charge in [0.25, 0.3) is 0 Å². The number of hydrogen-bond donors (Lipinski definition) is 0. The summed E-state index contributed by atoms with van der Waals surface area (Å²) in [6, 6.07) is 16.0. The van der Waals surface area contributed by atoms with E-state index in [1.165, 1.54) is 5.56 Å². The van der Waals surface area contributed by atoms with Gasteiger partial charge in [0, 0.05) is 16.7 Å². The SMILES string of the molecule is CC(C)c1nnc2c(SCc3ccc(Cl)cc3)nc3ccccc3n12. The van der Waals surface area contributed by atoms with Gasteiger partial charge < -0.3 is 0 Å². The van der Waals surface area contributed by atoms with Crippen molar-refractivity contribution in [2.45, 2.75) is 30.5 Å². The maximum atomic E-state index is 5.96. The molecule has 0 aliphatic carbocycles. The van der Waals surface area contributed by atoms with Crippen molar-refractivity contribution in [3.05, 3.63) is 64.9 Å². The highest BCUT2D eigenvalue weighted by molar-refractivity contribution is 7.98. The molecule has 0 amide bonds. The van der Waals surface area contributed by atoms with E-state index in [2.05, 4.69) is 34.5 Å². The molecule has 6 heteroatoms. The quantitative estimate of drug-likeness (QED) is 0.455. The summed E-state index contributed by atoms with van der Waals surface area (Å²) in [6.45, 7) is 4.26. The van der Waals surface area contributed by atoms with Crippen molar-refractivity contribution in [1.82, 2.24) is 19.6 Å². The van der Waals surface area contributed by atoms with Crippen LogP contribution in [0.2, 0.25) is 5.02 Å². The summed E-state index contributed by atoms with van der Waals surface area (Å²) >= 11 is 7.64. The molecule has 2 heterocycles. The average Bonchev–Trinajstić information content (AvgIpc) is 3.07. The molecule has 0 atom stereocenters. The van der Waals surface area contributed by atoms with E-state index in [9.17, 15) is 0 Å². The lowest BCUT2D eigenvalue weighted by atomic mass is 10.2. The molecular formula is C19H17ClN4S. The van der Waals surface area contributed by atoms with Crippen LogP contribution in [0.5, 0.6) is 0 Å². The average molecular weight is 369 g/mol. The molecule has 0 aliphatic heterocycles. The third kappa shape index (κ3) is 3.10. The van der Waals surface area contributed by atoms with Gasteiger partial charge in [0.15, 0.2) is 5.65 Å². The van der Waals surface area contributed by atoms with Crippen molar-refractivity contribution >= 4 is 40.0 Å². The van der Waals surface area contributed by atoms with Crippen LogP contribution < -0.4 is 0 Å². The molecule has 0 bridgehead atoms. The van der Waals surface area contributed by atoms with E-state index in [-0.39, 0.29) is 5.92 Å². The minimum atomic E-state index is 0.287. The van der Waals surface area contributed by atoms with Crippen LogP contribution in [-0.4, -0.2) is 19.6 Å². The van der Waals surface area contributed by atoms with Gasteiger partial charge in [-0.15, -0.1) is 10.2 Å². The highest BCUT2D eigenvalue weighted by Crippen LogP contribution is 2.29. The van der Waals surface area contributed by atoms with E-state index in [0.717, 1.165) is 38.3 Å². The lowest BCUT2D eigenvalue weighted by Crippen LogP contribution is -2.01. The summed E-state index contributed by atoms with van der Waals surface area (Å²) in [5.74, 6) is 2.05. The van der Waals surface area contributed by atoms with Crippen LogP contribution in [0.25, 0.3) is 16.7 Å². The zero-order valence-electron chi connectivity index (χ0n) is 14.0. The van der Waals surface area contributed by atoms with Crippen LogP contribution in [0.1, 0.15) is 31.2 Å². The Morgan fingerprint density at radius 3 is 2.56 bits per heavy atom. The predicted molar refractivity (Wildman–Crippen MR) is 103 cm³/mol. The first-order chi connectivity index (χ1) is 12.1. The molecule has 126 valence electrons. The minimum Gasteiger partial charge on any atom is -0.275 e. The highest BCUT2D eigenvalue weighted by atomic mass is 35.5. The number of thioether (sulfide) groups is 1. The van der Waals surface area contributed by atoms with Gasteiger partial charge in [0.2, 0.25) is 0 Å². The number of rotatable bonds is 4. The van der Waals surface area contributed by atoms with E-state index < -0.39 is 0 Å². The zero-order valence-corrected chi connectivity index (χ0v) is 15.6. The summed E-state index contributed by atoms with van der Waals surface area (Å²) in [5, 5.41) is 10.5. The first-order valence-corrected chi connectivity index (χ1v) is 9.51. The number of para-hydroxylation sites is 2. The van der Waals surface area contributed by atoms with Gasteiger partial charge in [-0.25, -0.2) is 4.98 Å². The van der Waals surface area contributed by atoms with Gasteiger partial charge in [-0.3, -0.25) is 4.40 Å². The van der Waals surface area contributed by atoms with Crippen molar-refractivity contribution in [2.24, 2.45) is 0 Å². The van der Waals surface area contributed by atoms with Crippen molar-refractivity contribution < 1.29 is 0 Å². The van der Waals surface area contributed by atoms with Crippen molar-refractivity contribution in [3.8, 4) is 0 Å². The smallest absolute Gasteiger partial charge is 0.193 e. The van der Waals surface area contributed by atoms with Crippen LogP contribution in [-0.2, 0) is 5.75 Å². The molecule has 0 spiro atoms. The fraction of sp³-hybridized carbons (Fsp3) is 0.211. The molecule has 0 fully saturated rings. The van der Waals surface area contributed by atoms with Gasteiger partial charge in [-0.1, -0.05) is 61.5 Å². The Morgan fingerprint density at radius 2 is 1.80 bits per heavy atom. The van der Waals surface area contributed by atoms with Crippen LogP contribution >= 0.6 is 23.4 Å². The highest BCUT2D eigenvalue weighted by Gasteiger charge is 2.17. The van der Waals surface area contributed by atoms with Crippen molar-refractivity contribution in [3.63, 3.8) is 0 Å². The van der Waals surface area contributed by atoms with Gasteiger partial charge in [0.05, 0.1) is 11.0 Å². The van der Waals surface area contributed by atoms with Crippen molar-refractivity contribution in [2.75, 3.05) is 0 Å². The standard InChI is InChI=1S/C19H17ClN4S/c1-12(2)17-22-23-18-19(25-11-13-7-9-14(20)10-8-13)21-15-5-3-4-6-16(15)24(17)18/h3-10,12H,11H2,1-2H3. The Balaban J connectivity index is 1.81. The van der Waals surface area contributed by atoms with E-state index in [4.69, 9.17) is 16.6 Å². The Morgan fingerprint density at radius 1 is 1.04 bits per heavy atom. The maximum absolute atomic E-state index is 5.96. The summed E-state index contributed by atoms with van der Waals surface area (Å²) in [6.07, 6.45) is 0. The normalized spacial score (nSPS) is 11.7. The molecule has 4 aromatic rings. The van der Waals surface area contributed by atoms with Gasteiger partial charge in [0.1, 0.15) is 10.9 Å². The Hall–Kier alpha value is -2.11. The first-order valence-electron chi connectivity index (χ1n) is 8.14. The van der Waals surface area contributed by atoms with E-state index in [0.29, 0.717) is 0 Å². The number of halogens is 1. The largest absolute Gasteiger partial charge is 0.275 e. The Bertz CT molecular complexity index is 1040. The summed E-state index contributed by atoms with van der Waals surface area (Å²) < 4.78 is 2.14. The number of fused-ring (bicyclic) bond motifs is 3. The van der Waals surface area contributed by atoms with Crippen LogP contribution in [0.15, 0.2) is 53.6 Å². The van der Waals surface area contributed by atoms with Gasteiger partial charge in [-0.2, -0.15) is 0 Å². The summed E-state index contributed by atoms with van der Waals surface area (Å²) in [4.78, 5) is 4.82. The summed E-state index contributed by atoms with van der Waals surface area (Å²) in [5.41, 5.74) is 4.02. The molecule has 0 aliphatic rings. The van der Waals surface area contributed by atoms with Gasteiger partial charge in [-0.05, 0) is 29.8 Å².